The fraction of sp³-hybridized carbons (Fsp3) is 0.550. The van der Waals surface area contributed by atoms with E-state index in [0.29, 0.717) is 12.0 Å². The lowest BCUT2D eigenvalue weighted by atomic mass is 9.74. The van der Waals surface area contributed by atoms with Crippen LogP contribution in [0.1, 0.15) is 37.3 Å². The number of nitrogens with one attached hydrogen (secondary N) is 2. The molecule has 4 rings (SSSR count). The van der Waals surface area contributed by atoms with Crippen molar-refractivity contribution in [1.82, 2.24) is 20.1 Å². The monoisotopic (exact) mass is 544 g/mol. The molecule has 2 aliphatic rings. The van der Waals surface area contributed by atoms with E-state index in [1.54, 1.807) is 0 Å². The summed E-state index contributed by atoms with van der Waals surface area (Å²) in [4.78, 5) is 20.4. The second kappa shape index (κ2) is 7.55. The lowest BCUT2D eigenvalue weighted by Gasteiger charge is -2.46. The van der Waals surface area contributed by atoms with E-state index in [-0.39, 0.29) is 12.1 Å². The molecule has 2 N–H and O–H groups in total. The molecule has 0 radical (unpaired) electrons. The Morgan fingerprint density at radius 1 is 1.41 bits per heavy atom. The first-order valence-corrected chi connectivity index (χ1v) is 11.5. The average molecular weight is 545 g/mol. The highest BCUT2D eigenvalue weighted by Gasteiger charge is 2.41. The van der Waals surface area contributed by atoms with Crippen molar-refractivity contribution in [3.63, 3.8) is 0 Å². The van der Waals surface area contributed by atoms with E-state index in [9.17, 15) is 4.79 Å². The number of aromatic amines is 1. The van der Waals surface area contributed by atoms with Crippen molar-refractivity contribution in [3.05, 3.63) is 31.4 Å². The standard InChI is InChI=1S/C20H26BrIN4O/c1-4-26(5-2)20(27)23-12-8-13-14-6-11(22)7-16-18(14)15(19(21)24-16)9-17(13)25(3)10-12/h6-7,12-13,17,24H,4-5,8-10H2,1-3H3,(H,23,27)/t12-,13?,17+/m0/s1. The summed E-state index contributed by atoms with van der Waals surface area (Å²) in [6, 6.07) is 5.28. The summed E-state index contributed by atoms with van der Waals surface area (Å²) < 4.78 is 2.37. The molecule has 1 aromatic heterocycles. The Morgan fingerprint density at radius 2 is 2.15 bits per heavy atom. The summed E-state index contributed by atoms with van der Waals surface area (Å²) in [5.41, 5.74) is 4.04. The number of carbonyl (C=O) groups is 1. The molecule has 1 aliphatic carbocycles. The third-order valence-electron chi connectivity index (χ3n) is 6.21. The Labute approximate surface area is 182 Å². The predicted octanol–water partition coefficient (Wildman–Crippen LogP) is 4.30. The topological polar surface area (TPSA) is 51.4 Å². The number of carbonyl (C=O) groups excluding carboxylic acids is 1. The number of urea groups is 1. The van der Waals surface area contributed by atoms with Gasteiger partial charge in [0.05, 0.1) is 4.60 Å². The number of piperidine rings is 1. The van der Waals surface area contributed by atoms with E-state index in [2.05, 4.69) is 72.9 Å². The van der Waals surface area contributed by atoms with Gasteiger partial charge in [0, 0.05) is 52.1 Å². The van der Waals surface area contributed by atoms with Crippen LogP contribution in [0.4, 0.5) is 4.79 Å². The van der Waals surface area contributed by atoms with Crippen LogP contribution in [0.15, 0.2) is 16.7 Å². The van der Waals surface area contributed by atoms with Gasteiger partial charge in [-0.05, 0) is 95.5 Å². The molecular formula is C20H26BrIN4O. The van der Waals surface area contributed by atoms with Gasteiger partial charge < -0.3 is 20.1 Å². The third-order valence-corrected chi connectivity index (χ3v) is 7.51. The highest BCUT2D eigenvalue weighted by Crippen LogP contribution is 2.45. The zero-order valence-electron chi connectivity index (χ0n) is 16.0. The molecule has 146 valence electrons. The van der Waals surface area contributed by atoms with Gasteiger partial charge in [0.2, 0.25) is 0 Å². The summed E-state index contributed by atoms with van der Waals surface area (Å²) in [7, 11) is 2.20. The van der Waals surface area contributed by atoms with E-state index in [1.807, 2.05) is 18.7 Å². The van der Waals surface area contributed by atoms with Gasteiger partial charge in [0.15, 0.2) is 0 Å². The van der Waals surface area contributed by atoms with E-state index in [1.165, 1.54) is 25.6 Å². The molecule has 2 heterocycles. The molecule has 2 aromatic rings. The fourth-order valence-corrected chi connectivity index (χ4v) is 6.12. The normalized spacial score (nSPS) is 24.7. The van der Waals surface area contributed by atoms with Gasteiger partial charge in [-0.2, -0.15) is 0 Å². The minimum Gasteiger partial charge on any atom is -0.349 e. The van der Waals surface area contributed by atoms with Crippen LogP contribution in [-0.2, 0) is 6.42 Å². The molecule has 1 saturated heterocycles. The number of likely N-dealkylation sites (N-methyl/N-ethyl adjacent to an activating group) is 1. The first kappa shape index (κ1) is 19.5. The van der Waals surface area contributed by atoms with Gasteiger partial charge in [-0.1, -0.05) is 0 Å². The van der Waals surface area contributed by atoms with Crippen LogP contribution in [0.3, 0.4) is 0 Å². The van der Waals surface area contributed by atoms with Crippen molar-refractivity contribution in [3.8, 4) is 0 Å². The molecule has 7 heteroatoms. The van der Waals surface area contributed by atoms with Crippen molar-refractivity contribution in [1.29, 1.82) is 0 Å². The molecule has 0 spiro atoms. The molecule has 1 unspecified atom stereocenters. The van der Waals surface area contributed by atoms with Gasteiger partial charge in [0.25, 0.3) is 0 Å². The first-order valence-electron chi connectivity index (χ1n) is 9.68. The number of halogens is 2. The number of likely N-dealkylation sites (tertiary alicyclic amines) is 1. The summed E-state index contributed by atoms with van der Waals surface area (Å²) >= 11 is 6.15. The number of benzene rings is 1. The van der Waals surface area contributed by atoms with E-state index in [4.69, 9.17) is 0 Å². The Bertz CT molecular complexity index is 878. The number of nitrogens with zero attached hydrogens (tertiary/aromatic N) is 2. The third kappa shape index (κ3) is 3.40. The van der Waals surface area contributed by atoms with Crippen molar-refractivity contribution < 1.29 is 4.79 Å². The second-order valence-electron chi connectivity index (χ2n) is 7.71. The van der Waals surface area contributed by atoms with E-state index < -0.39 is 0 Å². The van der Waals surface area contributed by atoms with E-state index >= 15 is 0 Å². The number of aromatic nitrogens is 1. The number of rotatable bonds is 3. The van der Waals surface area contributed by atoms with E-state index in [0.717, 1.165) is 37.1 Å². The van der Waals surface area contributed by atoms with Crippen LogP contribution in [0.2, 0.25) is 0 Å². The zero-order valence-corrected chi connectivity index (χ0v) is 19.7. The molecule has 0 saturated carbocycles. The average Bonchev–Trinajstić information content (AvgIpc) is 2.93. The van der Waals surface area contributed by atoms with Gasteiger partial charge in [-0.3, -0.25) is 0 Å². The lowest BCUT2D eigenvalue weighted by molar-refractivity contribution is 0.124. The molecule has 1 aromatic carbocycles. The molecular weight excluding hydrogens is 519 g/mol. The number of H-pyrrole nitrogens is 1. The molecule has 1 fully saturated rings. The molecule has 0 bridgehead atoms. The van der Waals surface area contributed by atoms with Gasteiger partial charge in [-0.15, -0.1) is 0 Å². The Kier molecular flexibility index (Phi) is 5.46. The first-order chi connectivity index (χ1) is 12.9. The molecule has 2 amide bonds. The quantitative estimate of drug-likeness (QED) is 0.566. The molecule has 27 heavy (non-hydrogen) atoms. The predicted molar refractivity (Wildman–Crippen MR) is 121 cm³/mol. The van der Waals surface area contributed by atoms with Crippen LogP contribution in [0.5, 0.6) is 0 Å². The number of amides is 2. The van der Waals surface area contributed by atoms with Gasteiger partial charge in [-0.25, -0.2) is 4.79 Å². The number of hydrogen-bond donors (Lipinski definition) is 2. The second-order valence-corrected chi connectivity index (χ2v) is 9.75. The minimum absolute atomic E-state index is 0.0607. The van der Waals surface area contributed by atoms with Crippen LogP contribution < -0.4 is 5.32 Å². The van der Waals surface area contributed by atoms with Crippen LogP contribution in [0, 0.1) is 3.57 Å². The lowest BCUT2D eigenvalue weighted by Crippen LogP contribution is -2.56. The Morgan fingerprint density at radius 3 is 2.85 bits per heavy atom. The maximum atomic E-state index is 12.6. The minimum atomic E-state index is 0.0607. The Hall–Kier alpha value is -0.800. The van der Waals surface area contributed by atoms with Crippen molar-refractivity contribution in [2.24, 2.45) is 0 Å². The molecule has 5 nitrogen and oxygen atoms in total. The summed E-state index contributed by atoms with van der Waals surface area (Å²) in [6.07, 6.45) is 2.05. The molecule has 1 aliphatic heterocycles. The van der Waals surface area contributed by atoms with Crippen LogP contribution in [-0.4, -0.2) is 59.6 Å². The summed E-state index contributed by atoms with van der Waals surface area (Å²) in [5, 5.41) is 4.67. The molecule has 3 atom stereocenters. The van der Waals surface area contributed by atoms with Crippen molar-refractivity contribution in [2.45, 2.75) is 44.7 Å². The zero-order chi connectivity index (χ0) is 19.3. The maximum Gasteiger partial charge on any atom is 0.317 e. The van der Waals surface area contributed by atoms with Gasteiger partial charge in [0.1, 0.15) is 0 Å². The largest absolute Gasteiger partial charge is 0.349 e. The number of fused-ring (bicyclic) bond motifs is 2. The summed E-state index contributed by atoms with van der Waals surface area (Å²) in [6.45, 7) is 6.45. The smallest absolute Gasteiger partial charge is 0.317 e. The highest BCUT2D eigenvalue weighted by atomic mass is 127. The van der Waals surface area contributed by atoms with Crippen LogP contribution in [0.25, 0.3) is 10.9 Å². The fourth-order valence-electron chi connectivity index (χ4n) is 4.90. The summed E-state index contributed by atoms with van der Waals surface area (Å²) in [5.74, 6) is 0.443. The van der Waals surface area contributed by atoms with Crippen molar-refractivity contribution in [2.75, 3.05) is 26.7 Å². The maximum absolute atomic E-state index is 12.6. The SMILES string of the molecule is CCN(CC)C(=O)N[C@H]1CC2c3cc(I)cc4[nH]c(Br)c(c34)C[C@H]2N(C)C1. The highest BCUT2D eigenvalue weighted by molar-refractivity contribution is 14.1. The Balaban J connectivity index is 1.66. The van der Waals surface area contributed by atoms with Gasteiger partial charge >= 0.3 is 6.03 Å². The van der Waals surface area contributed by atoms with Crippen molar-refractivity contribution >= 4 is 55.5 Å². The van der Waals surface area contributed by atoms with Crippen LogP contribution >= 0.6 is 38.5 Å². The number of hydrogen-bond acceptors (Lipinski definition) is 2.